The number of hydrogen-bond acceptors (Lipinski definition) is 7. The molecule has 1 amide bonds. The minimum atomic E-state index is -0.655. The molecule has 0 bridgehead atoms. The molecule has 0 spiro atoms. The van der Waals surface area contributed by atoms with Gasteiger partial charge >= 0.3 is 0 Å². The predicted molar refractivity (Wildman–Crippen MR) is 131 cm³/mol. The molecular weight excluding hydrogens is 468 g/mol. The van der Waals surface area contributed by atoms with E-state index in [0.717, 1.165) is 25.9 Å². The number of aliphatic imine (C=N–C) groups is 1. The number of nitrogens with zero attached hydrogens (tertiary/aromatic N) is 5. The van der Waals surface area contributed by atoms with Crippen molar-refractivity contribution in [3.05, 3.63) is 59.6 Å². The lowest BCUT2D eigenvalue weighted by Gasteiger charge is -2.29. The zero-order chi connectivity index (χ0) is 25.2. The molecule has 2 aliphatic rings. The van der Waals surface area contributed by atoms with Crippen LogP contribution in [0.5, 0.6) is 5.88 Å². The number of pyridine rings is 1. The number of carbonyl (C=O) groups is 1. The highest BCUT2D eigenvalue weighted by molar-refractivity contribution is 6.49. The summed E-state index contributed by atoms with van der Waals surface area (Å²) >= 11 is 0. The molecule has 0 aliphatic carbocycles. The van der Waals surface area contributed by atoms with Gasteiger partial charge in [0, 0.05) is 55.6 Å². The highest BCUT2D eigenvalue weighted by Crippen LogP contribution is 2.28. The van der Waals surface area contributed by atoms with Crippen molar-refractivity contribution in [1.82, 2.24) is 25.0 Å². The molecule has 2 aromatic heterocycles. The van der Waals surface area contributed by atoms with Crippen molar-refractivity contribution in [1.29, 1.82) is 0 Å². The zero-order valence-corrected chi connectivity index (χ0v) is 20.1. The third kappa shape index (κ3) is 5.12. The number of ether oxygens (including phenoxy) is 1. The van der Waals surface area contributed by atoms with Crippen LogP contribution in [0.2, 0.25) is 0 Å². The van der Waals surface area contributed by atoms with E-state index in [9.17, 15) is 13.6 Å². The standard InChI is InChI=1S/C25H27F2N7O2/c1-33-5-3-18(4-6-33)36-25-22(27)8-17(12-29-25)32-24(35)23-20-9-19(16-11-31-34(2)13-16)21(26)7-15(20)10-28-14-30-23/h7-9,11-13,18,28H,3-6,10,14H2,1-2H3,(H,32,35). The summed E-state index contributed by atoms with van der Waals surface area (Å²) in [5.74, 6) is -1.71. The van der Waals surface area contributed by atoms with Crippen LogP contribution in [0.1, 0.15) is 24.0 Å². The summed E-state index contributed by atoms with van der Waals surface area (Å²) in [6, 6.07) is 4.18. The lowest BCUT2D eigenvalue weighted by molar-refractivity contribution is -0.110. The average molecular weight is 496 g/mol. The van der Waals surface area contributed by atoms with E-state index in [-0.39, 0.29) is 30.1 Å². The van der Waals surface area contributed by atoms with E-state index < -0.39 is 17.5 Å². The van der Waals surface area contributed by atoms with Crippen LogP contribution >= 0.6 is 0 Å². The number of likely N-dealkylation sites (tertiary alicyclic amines) is 1. The van der Waals surface area contributed by atoms with Crippen molar-refractivity contribution < 1.29 is 18.3 Å². The van der Waals surface area contributed by atoms with Gasteiger partial charge in [0.1, 0.15) is 17.6 Å². The molecule has 1 saturated heterocycles. The van der Waals surface area contributed by atoms with Gasteiger partial charge in [-0.3, -0.25) is 19.8 Å². The van der Waals surface area contributed by atoms with E-state index in [4.69, 9.17) is 4.74 Å². The second kappa shape index (κ2) is 10.1. The van der Waals surface area contributed by atoms with E-state index in [0.29, 0.717) is 28.8 Å². The van der Waals surface area contributed by atoms with E-state index in [1.807, 2.05) is 7.05 Å². The second-order valence-electron chi connectivity index (χ2n) is 9.07. The van der Waals surface area contributed by atoms with Gasteiger partial charge in [-0.05, 0) is 37.6 Å². The Morgan fingerprint density at radius 3 is 2.64 bits per heavy atom. The first kappa shape index (κ1) is 24.0. The first-order valence-corrected chi connectivity index (χ1v) is 11.8. The maximum absolute atomic E-state index is 14.9. The minimum Gasteiger partial charge on any atom is -0.472 e. The molecular formula is C25H27F2N7O2. The lowest BCUT2D eigenvalue weighted by Crippen LogP contribution is -2.36. The molecule has 36 heavy (non-hydrogen) atoms. The summed E-state index contributed by atoms with van der Waals surface area (Å²) in [6.07, 6.45) is 6.10. The topological polar surface area (TPSA) is 96.7 Å². The van der Waals surface area contributed by atoms with E-state index in [1.165, 1.54) is 18.3 Å². The Kier molecular flexibility index (Phi) is 6.75. The van der Waals surface area contributed by atoms with Gasteiger partial charge in [-0.2, -0.15) is 5.10 Å². The number of halogens is 2. The van der Waals surface area contributed by atoms with Crippen molar-refractivity contribution in [2.24, 2.45) is 12.0 Å². The fraction of sp³-hybridized carbons (Fsp3) is 0.360. The summed E-state index contributed by atoms with van der Waals surface area (Å²) in [5, 5.41) is 9.82. The molecule has 3 aromatic rings. The largest absolute Gasteiger partial charge is 0.472 e. The number of benzene rings is 1. The molecule has 5 rings (SSSR count). The summed E-state index contributed by atoms with van der Waals surface area (Å²) < 4.78 is 36.9. The number of fused-ring (bicyclic) bond motifs is 1. The first-order chi connectivity index (χ1) is 17.4. The summed E-state index contributed by atoms with van der Waals surface area (Å²) in [4.78, 5) is 23.8. The average Bonchev–Trinajstić information content (AvgIpc) is 3.17. The summed E-state index contributed by atoms with van der Waals surface area (Å²) in [6.45, 7) is 2.28. The van der Waals surface area contributed by atoms with E-state index in [2.05, 4.69) is 30.6 Å². The minimum absolute atomic E-state index is 0.0829. The molecule has 0 unspecified atom stereocenters. The van der Waals surface area contributed by atoms with Gasteiger partial charge in [0.05, 0.1) is 24.7 Å². The van der Waals surface area contributed by atoms with Gasteiger partial charge in [-0.1, -0.05) is 0 Å². The second-order valence-corrected chi connectivity index (χ2v) is 9.07. The fourth-order valence-electron chi connectivity index (χ4n) is 4.40. The number of amides is 1. The van der Waals surface area contributed by atoms with Gasteiger partial charge < -0.3 is 15.0 Å². The Morgan fingerprint density at radius 1 is 1.11 bits per heavy atom. The third-order valence-corrected chi connectivity index (χ3v) is 6.35. The molecule has 0 saturated carbocycles. The van der Waals surface area contributed by atoms with Crippen molar-refractivity contribution in [3.8, 4) is 17.0 Å². The zero-order valence-electron chi connectivity index (χ0n) is 20.1. The van der Waals surface area contributed by atoms with Gasteiger partial charge in [0.25, 0.3) is 11.8 Å². The Balaban J connectivity index is 1.36. The summed E-state index contributed by atoms with van der Waals surface area (Å²) in [5.41, 5.74) is 2.27. The van der Waals surface area contributed by atoms with Crippen molar-refractivity contribution >= 4 is 17.3 Å². The van der Waals surface area contributed by atoms with Crippen LogP contribution in [0.3, 0.4) is 0 Å². The molecule has 2 aliphatic heterocycles. The number of aromatic nitrogens is 3. The number of rotatable bonds is 5. The molecule has 0 atom stereocenters. The van der Waals surface area contributed by atoms with Gasteiger partial charge in [0.2, 0.25) is 0 Å². The SMILES string of the molecule is CN1CCC(Oc2ncc(NC(=O)C3=NCNCc4cc(F)c(-c5cnn(C)c5)cc43)cc2F)CC1. The van der Waals surface area contributed by atoms with E-state index >= 15 is 0 Å². The number of anilines is 1. The van der Waals surface area contributed by atoms with Crippen molar-refractivity contribution in [2.75, 3.05) is 32.1 Å². The van der Waals surface area contributed by atoms with Crippen LogP contribution in [-0.2, 0) is 18.4 Å². The number of nitrogens with one attached hydrogen (secondary N) is 2. The van der Waals surface area contributed by atoms with E-state index in [1.54, 1.807) is 30.2 Å². The molecule has 2 N–H and O–H groups in total. The Bertz CT molecular complexity index is 1320. The quantitative estimate of drug-likeness (QED) is 0.565. The van der Waals surface area contributed by atoms with Crippen molar-refractivity contribution in [3.63, 3.8) is 0 Å². The molecule has 0 radical (unpaired) electrons. The maximum Gasteiger partial charge on any atom is 0.274 e. The molecule has 11 heteroatoms. The molecule has 1 aromatic carbocycles. The first-order valence-electron chi connectivity index (χ1n) is 11.8. The number of hydrogen-bond donors (Lipinski definition) is 2. The number of aryl methyl sites for hydroxylation is 1. The highest BCUT2D eigenvalue weighted by Gasteiger charge is 2.24. The third-order valence-electron chi connectivity index (χ3n) is 6.35. The molecule has 9 nitrogen and oxygen atoms in total. The Hall–Kier alpha value is -3.70. The number of piperidine rings is 1. The van der Waals surface area contributed by atoms with Crippen molar-refractivity contribution in [2.45, 2.75) is 25.5 Å². The smallest absolute Gasteiger partial charge is 0.274 e. The van der Waals surface area contributed by atoms with Gasteiger partial charge in [-0.15, -0.1) is 0 Å². The predicted octanol–water partition coefficient (Wildman–Crippen LogP) is 2.72. The normalized spacial score (nSPS) is 16.7. The maximum atomic E-state index is 14.9. The van der Waals surface area contributed by atoms with Crippen LogP contribution in [-0.4, -0.2) is 64.2 Å². The fourth-order valence-corrected chi connectivity index (χ4v) is 4.40. The monoisotopic (exact) mass is 495 g/mol. The molecule has 4 heterocycles. The highest BCUT2D eigenvalue weighted by atomic mass is 19.1. The van der Waals surface area contributed by atoms with Gasteiger partial charge in [0.15, 0.2) is 5.82 Å². The summed E-state index contributed by atoms with van der Waals surface area (Å²) in [7, 11) is 3.78. The van der Waals surface area contributed by atoms with Crippen LogP contribution in [0.4, 0.5) is 14.5 Å². The molecule has 188 valence electrons. The number of carbonyl (C=O) groups excluding carboxylic acids is 1. The Morgan fingerprint density at radius 2 is 1.92 bits per heavy atom. The van der Waals surface area contributed by atoms with Crippen LogP contribution < -0.4 is 15.4 Å². The van der Waals surface area contributed by atoms with Gasteiger partial charge in [-0.25, -0.2) is 13.8 Å². The lowest BCUT2D eigenvalue weighted by atomic mass is 9.96. The van der Waals surface area contributed by atoms with Crippen LogP contribution in [0.25, 0.3) is 11.1 Å². The Labute approximate surface area is 207 Å². The van der Waals surface area contributed by atoms with Crippen LogP contribution in [0.15, 0.2) is 41.8 Å². The van der Waals surface area contributed by atoms with Crippen LogP contribution in [0, 0.1) is 11.6 Å². The molecule has 1 fully saturated rings.